The Morgan fingerprint density at radius 1 is 1.56 bits per heavy atom. The lowest BCUT2D eigenvalue weighted by Gasteiger charge is -2.24. The number of rotatable bonds is 2. The van der Waals surface area contributed by atoms with E-state index in [0.29, 0.717) is 18.9 Å². The normalized spacial score (nSPS) is 15.8. The number of ether oxygens (including phenoxy) is 1. The maximum Gasteiger partial charge on any atom is 0.328 e. The summed E-state index contributed by atoms with van der Waals surface area (Å²) in [4.78, 5) is 13.0. The van der Waals surface area contributed by atoms with E-state index in [1.54, 1.807) is 24.0 Å². The van der Waals surface area contributed by atoms with E-state index in [9.17, 15) is 4.79 Å². The summed E-state index contributed by atoms with van der Waals surface area (Å²) in [7, 11) is 1.31. The number of carbonyl (C=O) groups is 1. The standard InChI is InChI=1S/C10H12N4O2/c1-7(10(15)16-2)14-4-3-13-9(14)8(5-11)6-12/h7,13H,3-4H2,1-2H3. The summed E-state index contributed by atoms with van der Waals surface area (Å²) in [5.74, 6) is 0.0133. The van der Waals surface area contributed by atoms with Gasteiger partial charge in [0.2, 0.25) is 0 Å². The molecule has 1 atom stereocenters. The van der Waals surface area contributed by atoms with Gasteiger partial charge in [-0.2, -0.15) is 10.5 Å². The first kappa shape index (κ1) is 11.9. The molecule has 0 aromatic carbocycles. The van der Waals surface area contributed by atoms with Crippen LogP contribution in [0.5, 0.6) is 0 Å². The molecule has 1 aliphatic heterocycles. The molecule has 6 nitrogen and oxygen atoms in total. The number of hydrogen-bond acceptors (Lipinski definition) is 6. The summed E-state index contributed by atoms with van der Waals surface area (Å²) in [5.41, 5.74) is -0.0201. The zero-order chi connectivity index (χ0) is 12.1. The van der Waals surface area contributed by atoms with Crippen LogP contribution in [0, 0.1) is 22.7 Å². The number of nitrogens with one attached hydrogen (secondary N) is 1. The fourth-order valence-corrected chi connectivity index (χ4v) is 1.56. The summed E-state index contributed by atoms with van der Waals surface area (Å²) >= 11 is 0. The average molecular weight is 220 g/mol. The van der Waals surface area contributed by atoms with Gasteiger partial charge in [0.25, 0.3) is 0 Å². The van der Waals surface area contributed by atoms with Crippen molar-refractivity contribution < 1.29 is 9.53 Å². The van der Waals surface area contributed by atoms with Gasteiger partial charge in [-0.25, -0.2) is 4.79 Å². The van der Waals surface area contributed by atoms with Gasteiger partial charge in [0.1, 0.15) is 24.0 Å². The predicted molar refractivity (Wildman–Crippen MR) is 54.4 cm³/mol. The summed E-state index contributed by atoms with van der Waals surface area (Å²) < 4.78 is 4.62. The fraction of sp³-hybridized carbons (Fsp3) is 0.500. The van der Waals surface area contributed by atoms with E-state index in [1.165, 1.54) is 7.11 Å². The Kier molecular flexibility index (Phi) is 3.73. The van der Waals surface area contributed by atoms with Gasteiger partial charge in [-0.15, -0.1) is 0 Å². The number of nitrogens with zero attached hydrogens (tertiary/aromatic N) is 3. The van der Waals surface area contributed by atoms with Gasteiger partial charge in [0, 0.05) is 13.1 Å². The lowest BCUT2D eigenvalue weighted by atomic mass is 10.2. The van der Waals surface area contributed by atoms with Crippen LogP contribution < -0.4 is 5.32 Å². The van der Waals surface area contributed by atoms with Gasteiger partial charge >= 0.3 is 5.97 Å². The zero-order valence-electron chi connectivity index (χ0n) is 9.15. The molecule has 1 unspecified atom stereocenters. The van der Waals surface area contributed by atoms with Crippen LogP contribution in [0.1, 0.15) is 6.92 Å². The van der Waals surface area contributed by atoms with Gasteiger partial charge in [0.05, 0.1) is 7.11 Å². The molecule has 1 saturated heterocycles. The highest BCUT2D eigenvalue weighted by molar-refractivity contribution is 5.75. The Labute approximate surface area is 93.7 Å². The van der Waals surface area contributed by atoms with Crippen LogP contribution in [0.25, 0.3) is 0 Å². The van der Waals surface area contributed by atoms with Crippen molar-refractivity contribution in [3.05, 3.63) is 11.4 Å². The highest BCUT2D eigenvalue weighted by atomic mass is 16.5. The lowest BCUT2D eigenvalue weighted by Crippen LogP contribution is -2.38. The van der Waals surface area contributed by atoms with Crippen molar-refractivity contribution in [2.24, 2.45) is 0 Å². The SMILES string of the molecule is COC(=O)C(C)N1CCNC1=C(C#N)C#N. The zero-order valence-corrected chi connectivity index (χ0v) is 9.15. The maximum atomic E-state index is 11.4. The van der Waals surface area contributed by atoms with Crippen LogP contribution in [0.3, 0.4) is 0 Å². The van der Waals surface area contributed by atoms with Crippen LogP contribution in [-0.4, -0.2) is 37.1 Å². The minimum absolute atomic E-state index is 0.0201. The van der Waals surface area contributed by atoms with Gasteiger partial charge in [-0.05, 0) is 6.92 Å². The van der Waals surface area contributed by atoms with Crippen LogP contribution in [0.15, 0.2) is 11.4 Å². The number of methoxy groups -OCH3 is 1. The van der Waals surface area contributed by atoms with Crippen molar-refractivity contribution in [3.63, 3.8) is 0 Å². The molecule has 6 heteroatoms. The Morgan fingerprint density at radius 3 is 2.69 bits per heavy atom. The topological polar surface area (TPSA) is 89.2 Å². The molecule has 1 heterocycles. The van der Waals surface area contributed by atoms with Gasteiger partial charge in [0.15, 0.2) is 5.57 Å². The average Bonchev–Trinajstić information content (AvgIpc) is 2.78. The highest BCUT2D eigenvalue weighted by Gasteiger charge is 2.29. The molecule has 0 aliphatic carbocycles. The van der Waals surface area contributed by atoms with Crippen molar-refractivity contribution in [3.8, 4) is 12.1 Å². The second-order valence-corrected chi connectivity index (χ2v) is 3.27. The predicted octanol–water partition coefficient (Wildman–Crippen LogP) is -0.288. The van der Waals surface area contributed by atoms with Crippen LogP contribution in [0.4, 0.5) is 0 Å². The van der Waals surface area contributed by atoms with E-state index in [-0.39, 0.29) is 5.57 Å². The minimum Gasteiger partial charge on any atom is -0.467 e. The molecule has 1 N–H and O–H groups in total. The number of esters is 1. The van der Waals surface area contributed by atoms with E-state index in [1.807, 2.05) is 0 Å². The molecule has 0 aromatic rings. The molecule has 16 heavy (non-hydrogen) atoms. The Morgan fingerprint density at radius 2 is 2.19 bits per heavy atom. The smallest absolute Gasteiger partial charge is 0.328 e. The Balaban J connectivity index is 2.99. The Hall–Kier alpha value is -2.21. The fourth-order valence-electron chi connectivity index (χ4n) is 1.56. The third-order valence-electron chi connectivity index (χ3n) is 2.40. The van der Waals surface area contributed by atoms with E-state index in [2.05, 4.69) is 10.1 Å². The molecule has 0 radical (unpaired) electrons. The molecule has 0 bridgehead atoms. The molecular weight excluding hydrogens is 208 g/mol. The van der Waals surface area contributed by atoms with Crippen LogP contribution in [-0.2, 0) is 9.53 Å². The molecule has 0 aromatic heterocycles. The number of carbonyl (C=O) groups excluding carboxylic acids is 1. The van der Waals surface area contributed by atoms with Crippen molar-refractivity contribution in [2.45, 2.75) is 13.0 Å². The Bertz CT molecular complexity index is 386. The summed E-state index contributed by atoms with van der Waals surface area (Å²) in [6, 6.07) is 3.09. The quantitative estimate of drug-likeness (QED) is 0.508. The first-order valence-electron chi connectivity index (χ1n) is 4.78. The van der Waals surface area contributed by atoms with Crippen LogP contribution >= 0.6 is 0 Å². The molecule has 1 rings (SSSR count). The van der Waals surface area contributed by atoms with Gasteiger partial charge in [-0.1, -0.05) is 0 Å². The summed E-state index contributed by atoms with van der Waals surface area (Å²) in [6.45, 7) is 2.84. The van der Waals surface area contributed by atoms with Gasteiger partial charge < -0.3 is 15.0 Å². The largest absolute Gasteiger partial charge is 0.467 e. The molecule has 0 spiro atoms. The van der Waals surface area contributed by atoms with Crippen LogP contribution in [0.2, 0.25) is 0 Å². The van der Waals surface area contributed by atoms with E-state index >= 15 is 0 Å². The van der Waals surface area contributed by atoms with Crippen molar-refractivity contribution in [2.75, 3.05) is 20.2 Å². The monoisotopic (exact) mass is 220 g/mol. The van der Waals surface area contributed by atoms with E-state index < -0.39 is 12.0 Å². The molecule has 1 fully saturated rings. The molecule has 0 saturated carbocycles. The molecular formula is C10H12N4O2. The first-order chi connectivity index (χ1) is 7.65. The summed E-state index contributed by atoms with van der Waals surface area (Å²) in [5, 5.41) is 20.5. The molecule has 1 aliphatic rings. The molecule has 84 valence electrons. The third-order valence-corrected chi connectivity index (χ3v) is 2.40. The first-order valence-corrected chi connectivity index (χ1v) is 4.78. The molecule has 0 amide bonds. The minimum atomic E-state index is -0.508. The highest BCUT2D eigenvalue weighted by Crippen LogP contribution is 2.16. The third kappa shape index (κ3) is 2.06. The van der Waals surface area contributed by atoms with Gasteiger partial charge in [-0.3, -0.25) is 0 Å². The number of allylic oxidation sites excluding steroid dienone is 1. The lowest BCUT2D eigenvalue weighted by molar-refractivity contribution is -0.145. The second-order valence-electron chi connectivity index (χ2n) is 3.27. The van der Waals surface area contributed by atoms with Crippen molar-refractivity contribution >= 4 is 5.97 Å². The number of hydrogen-bond donors (Lipinski definition) is 1. The van der Waals surface area contributed by atoms with Crippen molar-refractivity contribution in [1.82, 2.24) is 10.2 Å². The second kappa shape index (κ2) is 5.04. The maximum absolute atomic E-state index is 11.4. The van der Waals surface area contributed by atoms with Crippen molar-refractivity contribution in [1.29, 1.82) is 10.5 Å². The van der Waals surface area contributed by atoms with E-state index in [4.69, 9.17) is 10.5 Å². The number of nitriles is 2. The summed E-state index contributed by atoms with van der Waals surface area (Å²) in [6.07, 6.45) is 0. The van der Waals surface area contributed by atoms with E-state index in [0.717, 1.165) is 0 Å².